The number of carbonyl (C=O) groups excluding carboxylic acids is 1. The molecule has 0 saturated heterocycles. The molecule has 3 nitrogen and oxygen atoms in total. The lowest BCUT2D eigenvalue weighted by atomic mass is 10.1. The normalized spacial score (nSPS) is 12.0. The molecule has 0 aliphatic rings. The monoisotopic (exact) mass is 336 g/mol. The van der Waals surface area contributed by atoms with Crippen LogP contribution in [0.1, 0.15) is 13.3 Å². The van der Waals surface area contributed by atoms with Gasteiger partial charge in [0.1, 0.15) is 11.6 Å². The molecule has 1 unspecified atom stereocenters. The average Bonchev–Trinajstić information content (AvgIpc) is 2.26. The van der Waals surface area contributed by atoms with E-state index in [0.717, 1.165) is 12.1 Å². The molecule has 0 aliphatic carbocycles. The molecule has 0 heterocycles. The van der Waals surface area contributed by atoms with Gasteiger partial charge < -0.3 is 11.1 Å². The maximum Gasteiger partial charge on any atom is 0.234 e. The number of hydrogen-bond donors (Lipinski definition) is 2. The molecule has 0 spiro atoms. The summed E-state index contributed by atoms with van der Waals surface area (Å²) in [7, 11) is 0. The molecule has 0 fully saturated rings. The first-order valence-corrected chi connectivity index (χ1v) is 6.31. The van der Waals surface area contributed by atoms with Crippen LogP contribution in [0.3, 0.4) is 0 Å². The lowest BCUT2D eigenvalue weighted by Gasteiger charge is -2.14. The highest BCUT2D eigenvalue weighted by Gasteiger charge is 2.21. The van der Waals surface area contributed by atoms with Crippen molar-refractivity contribution in [1.82, 2.24) is 0 Å². The Bertz CT molecular complexity index is 496. The lowest BCUT2D eigenvalue weighted by molar-refractivity contribution is -0.118. The standard InChI is InChI=1S/C11H11BrF2N2OS/c1-2-5(10(15)18)11(17)16-9-4-7(13)6(12)3-8(9)14/h3-5H,2H2,1H3,(H2,15,18)(H,16,17). The summed E-state index contributed by atoms with van der Waals surface area (Å²) in [6, 6.07) is 1.83. The first-order chi connectivity index (χ1) is 8.36. The van der Waals surface area contributed by atoms with Gasteiger partial charge >= 0.3 is 0 Å². The van der Waals surface area contributed by atoms with Gasteiger partial charge in [0.15, 0.2) is 0 Å². The van der Waals surface area contributed by atoms with Crippen LogP contribution in [0.15, 0.2) is 16.6 Å². The highest BCUT2D eigenvalue weighted by molar-refractivity contribution is 9.10. The van der Waals surface area contributed by atoms with E-state index < -0.39 is 23.5 Å². The number of thiocarbonyl (C=S) groups is 1. The zero-order valence-corrected chi connectivity index (χ0v) is 11.9. The van der Waals surface area contributed by atoms with Gasteiger partial charge in [-0.1, -0.05) is 19.1 Å². The maximum atomic E-state index is 13.5. The zero-order valence-electron chi connectivity index (χ0n) is 9.47. The van der Waals surface area contributed by atoms with Gasteiger partial charge in [0, 0.05) is 6.07 Å². The summed E-state index contributed by atoms with van der Waals surface area (Å²) in [6.45, 7) is 1.72. The number of carbonyl (C=O) groups is 1. The Morgan fingerprint density at radius 1 is 1.50 bits per heavy atom. The van der Waals surface area contributed by atoms with Crippen LogP contribution in [0.25, 0.3) is 0 Å². The summed E-state index contributed by atoms with van der Waals surface area (Å²) >= 11 is 7.57. The Kier molecular flexibility index (Phi) is 5.15. The predicted octanol–water partition coefficient (Wildman–Crippen LogP) is 2.98. The molecule has 0 aromatic heterocycles. The Balaban J connectivity index is 2.94. The molecule has 18 heavy (non-hydrogen) atoms. The summed E-state index contributed by atoms with van der Waals surface area (Å²) in [5.41, 5.74) is 5.15. The molecule has 0 saturated carbocycles. The highest BCUT2D eigenvalue weighted by atomic mass is 79.9. The number of hydrogen-bond acceptors (Lipinski definition) is 2. The van der Waals surface area contributed by atoms with Crippen LogP contribution in [-0.4, -0.2) is 10.9 Å². The fourth-order valence-corrected chi connectivity index (χ4v) is 1.94. The second-order valence-corrected chi connectivity index (χ2v) is 4.92. The van der Waals surface area contributed by atoms with Gasteiger partial charge in [0.05, 0.1) is 21.1 Å². The van der Waals surface area contributed by atoms with Gasteiger partial charge in [-0.05, 0) is 28.4 Å². The zero-order chi connectivity index (χ0) is 13.9. The predicted molar refractivity (Wildman–Crippen MR) is 73.3 cm³/mol. The van der Waals surface area contributed by atoms with Crippen molar-refractivity contribution in [2.45, 2.75) is 13.3 Å². The molecule has 98 valence electrons. The fraction of sp³-hybridized carbons (Fsp3) is 0.273. The molecule has 0 bridgehead atoms. The maximum absolute atomic E-state index is 13.5. The number of nitrogens with one attached hydrogen (secondary N) is 1. The van der Waals surface area contributed by atoms with Crippen molar-refractivity contribution in [3.8, 4) is 0 Å². The second-order valence-electron chi connectivity index (χ2n) is 3.60. The molecule has 1 amide bonds. The Morgan fingerprint density at radius 3 is 2.61 bits per heavy atom. The number of halogens is 3. The van der Waals surface area contributed by atoms with Crippen molar-refractivity contribution in [2.24, 2.45) is 11.7 Å². The largest absolute Gasteiger partial charge is 0.393 e. The summed E-state index contributed by atoms with van der Waals surface area (Å²) in [5.74, 6) is -2.67. The van der Waals surface area contributed by atoms with Crippen molar-refractivity contribution >= 4 is 44.7 Å². The minimum absolute atomic E-state index is 0.0145. The second kappa shape index (κ2) is 6.19. The van der Waals surface area contributed by atoms with E-state index in [1.807, 2.05) is 0 Å². The smallest absolute Gasteiger partial charge is 0.234 e. The highest BCUT2D eigenvalue weighted by Crippen LogP contribution is 2.24. The molecule has 0 aliphatic heterocycles. The average molecular weight is 337 g/mol. The van der Waals surface area contributed by atoms with Crippen molar-refractivity contribution in [1.29, 1.82) is 0 Å². The van der Waals surface area contributed by atoms with Crippen LogP contribution < -0.4 is 11.1 Å². The van der Waals surface area contributed by atoms with E-state index in [1.165, 1.54) is 0 Å². The minimum Gasteiger partial charge on any atom is -0.393 e. The number of nitrogens with two attached hydrogens (primary N) is 1. The van der Waals surface area contributed by atoms with Gasteiger partial charge in [-0.3, -0.25) is 4.79 Å². The number of anilines is 1. The molecule has 7 heteroatoms. The Morgan fingerprint density at radius 2 is 2.11 bits per heavy atom. The molecular weight excluding hydrogens is 326 g/mol. The van der Waals surface area contributed by atoms with E-state index in [-0.39, 0.29) is 15.1 Å². The van der Waals surface area contributed by atoms with Crippen LogP contribution in [0.5, 0.6) is 0 Å². The van der Waals surface area contributed by atoms with Gasteiger partial charge in [0.2, 0.25) is 5.91 Å². The SMILES string of the molecule is CCC(C(=O)Nc1cc(F)c(Br)cc1F)C(N)=S. The molecule has 0 radical (unpaired) electrons. The molecule has 3 N–H and O–H groups in total. The van der Waals surface area contributed by atoms with Gasteiger partial charge in [-0.15, -0.1) is 0 Å². The molecule has 1 atom stereocenters. The number of benzene rings is 1. The van der Waals surface area contributed by atoms with E-state index in [4.69, 9.17) is 18.0 Å². The third-order valence-corrected chi connectivity index (χ3v) is 3.23. The van der Waals surface area contributed by atoms with Gasteiger partial charge in [-0.25, -0.2) is 8.78 Å². The first kappa shape index (κ1) is 15.0. The van der Waals surface area contributed by atoms with Crippen LogP contribution in [0, 0.1) is 17.6 Å². The van der Waals surface area contributed by atoms with Crippen molar-refractivity contribution in [3.63, 3.8) is 0 Å². The molecular formula is C11H11BrF2N2OS. The number of amides is 1. The summed E-state index contributed by atoms with van der Waals surface area (Å²) < 4.78 is 26.7. The third kappa shape index (κ3) is 3.46. The quantitative estimate of drug-likeness (QED) is 0.656. The minimum atomic E-state index is -0.741. The first-order valence-electron chi connectivity index (χ1n) is 5.11. The third-order valence-electron chi connectivity index (χ3n) is 2.34. The van der Waals surface area contributed by atoms with Gasteiger partial charge in [0.25, 0.3) is 0 Å². The summed E-state index contributed by atoms with van der Waals surface area (Å²) in [4.78, 5) is 11.8. The van der Waals surface area contributed by atoms with E-state index >= 15 is 0 Å². The summed E-state index contributed by atoms with van der Waals surface area (Å²) in [6.07, 6.45) is 0.391. The van der Waals surface area contributed by atoms with Crippen LogP contribution >= 0.6 is 28.1 Å². The van der Waals surface area contributed by atoms with Gasteiger partial charge in [-0.2, -0.15) is 0 Å². The van der Waals surface area contributed by atoms with E-state index in [1.54, 1.807) is 6.92 Å². The molecule has 1 aromatic carbocycles. The Labute approximate surface area is 117 Å². The van der Waals surface area contributed by atoms with Crippen molar-refractivity contribution in [2.75, 3.05) is 5.32 Å². The van der Waals surface area contributed by atoms with Crippen LogP contribution in [0.4, 0.5) is 14.5 Å². The van der Waals surface area contributed by atoms with Crippen LogP contribution in [0.2, 0.25) is 0 Å². The summed E-state index contributed by atoms with van der Waals surface area (Å²) in [5, 5.41) is 2.27. The van der Waals surface area contributed by atoms with E-state index in [9.17, 15) is 13.6 Å². The van der Waals surface area contributed by atoms with Crippen LogP contribution in [-0.2, 0) is 4.79 Å². The fourth-order valence-electron chi connectivity index (χ4n) is 1.35. The topological polar surface area (TPSA) is 55.1 Å². The van der Waals surface area contributed by atoms with Crippen molar-refractivity contribution < 1.29 is 13.6 Å². The van der Waals surface area contributed by atoms with E-state index in [0.29, 0.717) is 6.42 Å². The Hall–Kier alpha value is -1.08. The molecule has 1 rings (SSSR count). The lowest BCUT2D eigenvalue weighted by Crippen LogP contribution is -2.32. The van der Waals surface area contributed by atoms with E-state index in [2.05, 4.69) is 21.2 Å². The number of rotatable bonds is 4. The molecule has 1 aromatic rings. The van der Waals surface area contributed by atoms with Crippen molar-refractivity contribution in [3.05, 3.63) is 28.2 Å².